The molecule has 0 radical (unpaired) electrons. The van der Waals surface area contributed by atoms with Gasteiger partial charge in [-0.3, -0.25) is 9.13 Å². The fourth-order valence-corrected chi connectivity index (χ4v) is 1.21. The van der Waals surface area contributed by atoms with Crippen LogP contribution in [-0.2, 0) is 14.1 Å². The van der Waals surface area contributed by atoms with Gasteiger partial charge in [0.1, 0.15) is 5.15 Å². The molecule has 1 aromatic heterocycles. The molecule has 0 aromatic carbocycles. The van der Waals surface area contributed by atoms with Crippen molar-refractivity contribution in [2.24, 2.45) is 14.1 Å². The Kier molecular flexibility index (Phi) is 1.97. The lowest BCUT2D eigenvalue weighted by Crippen LogP contribution is -2.21. The van der Waals surface area contributed by atoms with Crippen LogP contribution in [0.5, 0.6) is 0 Å². The van der Waals surface area contributed by atoms with Gasteiger partial charge in [-0.2, -0.15) is 0 Å². The van der Waals surface area contributed by atoms with Gasteiger partial charge in [-0.15, -0.1) is 0 Å². The highest BCUT2D eigenvalue weighted by molar-refractivity contribution is 6.32. The molecule has 0 saturated carbocycles. The van der Waals surface area contributed by atoms with Crippen molar-refractivity contribution in [3.8, 4) is 0 Å². The van der Waals surface area contributed by atoms with Crippen LogP contribution in [0.1, 0.15) is 10.5 Å². The van der Waals surface area contributed by atoms with Gasteiger partial charge in [-0.05, 0) is 0 Å². The van der Waals surface area contributed by atoms with E-state index in [1.807, 2.05) is 0 Å². The highest BCUT2D eigenvalue weighted by Gasteiger charge is 2.18. The minimum Gasteiger partial charge on any atom is -0.476 e. The van der Waals surface area contributed by atoms with E-state index >= 15 is 0 Å². The molecule has 0 fully saturated rings. The molecule has 0 unspecified atom stereocenters. The summed E-state index contributed by atoms with van der Waals surface area (Å²) in [6, 6.07) is 0. The molecule has 0 bridgehead atoms. The second-order valence-electron chi connectivity index (χ2n) is 2.35. The Morgan fingerprint density at radius 3 is 2.08 bits per heavy atom. The van der Waals surface area contributed by atoms with E-state index in [1.165, 1.54) is 14.1 Å². The number of rotatable bonds is 1. The molecule has 0 aliphatic carbocycles. The lowest BCUT2D eigenvalue weighted by Gasteiger charge is -1.92. The SMILES string of the molecule is Cn1c(Cl)c(C(=O)O)n(C)c1=O. The molecule has 0 amide bonds. The van der Waals surface area contributed by atoms with Gasteiger partial charge in [-0.25, -0.2) is 9.59 Å². The maximum Gasteiger partial charge on any atom is 0.355 e. The highest BCUT2D eigenvalue weighted by atomic mass is 35.5. The normalized spacial score (nSPS) is 10.2. The molecule has 0 spiro atoms. The number of halogens is 1. The van der Waals surface area contributed by atoms with E-state index in [-0.39, 0.29) is 10.8 Å². The Morgan fingerprint density at radius 1 is 1.42 bits per heavy atom. The lowest BCUT2D eigenvalue weighted by molar-refractivity contribution is 0.0686. The summed E-state index contributed by atoms with van der Waals surface area (Å²) in [6.07, 6.45) is 0. The summed E-state index contributed by atoms with van der Waals surface area (Å²) in [5.41, 5.74) is -0.637. The number of carboxylic acids is 1. The minimum absolute atomic E-state index is 0.0602. The summed E-state index contributed by atoms with van der Waals surface area (Å²) in [5, 5.41) is 8.57. The smallest absolute Gasteiger partial charge is 0.355 e. The van der Waals surface area contributed by atoms with Crippen LogP contribution in [0, 0.1) is 0 Å². The van der Waals surface area contributed by atoms with Crippen molar-refractivity contribution < 1.29 is 9.90 Å². The Morgan fingerprint density at radius 2 is 1.92 bits per heavy atom. The molecule has 0 aliphatic heterocycles. The van der Waals surface area contributed by atoms with Crippen LogP contribution in [0.3, 0.4) is 0 Å². The molecule has 0 aliphatic rings. The van der Waals surface area contributed by atoms with Gasteiger partial charge >= 0.3 is 11.7 Å². The molecule has 0 atom stereocenters. The largest absolute Gasteiger partial charge is 0.476 e. The number of carbonyl (C=O) groups is 1. The average molecular weight is 191 g/mol. The molecule has 5 nitrogen and oxygen atoms in total. The first kappa shape index (κ1) is 8.86. The van der Waals surface area contributed by atoms with Gasteiger partial charge in [0.15, 0.2) is 5.69 Å². The summed E-state index contributed by atoms with van der Waals surface area (Å²) < 4.78 is 2.07. The predicted molar refractivity (Wildman–Crippen MR) is 42.6 cm³/mol. The van der Waals surface area contributed by atoms with E-state index in [0.29, 0.717) is 0 Å². The first-order chi connectivity index (χ1) is 5.46. The van der Waals surface area contributed by atoms with Gasteiger partial charge in [0.2, 0.25) is 0 Å². The molecule has 6 heteroatoms. The molecule has 0 saturated heterocycles. The standard InChI is InChI=1S/C6H7ClN2O3/c1-8-3(5(10)11)4(7)9(2)6(8)12/h1-2H3,(H,10,11). The lowest BCUT2D eigenvalue weighted by atomic mass is 10.5. The number of hydrogen-bond acceptors (Lipinski definition) is 2. The van der Waals surface area contributed by atoms with Crippen molar-refractivity contribution in [3.63, 3.8) is 0 Å². The second kappa shape index (κ2) is 2.67. The van der Waals surface area contributed by atoms with E-state index < -0.39 is 11.7 Å². The van der Waals surface area contributed by atoms with E-state index in [4.69, 9.17) is 16.7 Å². The monoisotopic (exact) mass is 190 g/mol. The highest BCUT2D eigenvalue weighted by Crippen LogP contribution is 2.11. The van der Waals surface area contributed by atoms with Crippen molar-refractivity contribution in [2.45, 2.75) is 0 Å². The average Bonchev–Trinajstić information content (AvgIpc) is 2.16. The summed E-state index contributed by atoms with van der Waals surface area (Å²) >= 11 is 5.58. The molecule has 66 valence electrons. The third kappa shape index (κ3) is 1.02. The van der Waals surface area contributed by atoms with Crippen molar-refractivity contribution in [2.75, 3.05) is 0 Å². The number of imidazole rings is 1. The van der Waals surface area contributed by atoms with Crippen molar-refractivity contribution in [1.82, 2.24) is 9.13 Å². The first-order valence-electron chi connectivity index (χ1n) is 3.11. The van der Waals surface area contributed by atoms with Crippen LogP contribution in [0.4, 0.5) is 0 Å². The summed E-state index contributed by atoms with van der Waals surface area (Å²) in [4.78, 5) is 21.6. The molecule has 12 heavy (non-hydrogen) atoms. The zero-order chi connectivity index (χ0) is 9.46. The number of carboxylic acid groups (broad SMARTS) is 1. The number of aromatic nitrogens is 2. The molecular formula is C6H7ClN2O3. The molecule has 1 aromatic rings. The van der Waals surface area contributed by atoms with Gasteiger partial charge in [0.05, 0.1) is 0 Å². The minimum atomic E-state index is -1.21. The van der Waals surface area contributed by atoms with Crippen LogP contribution in [0.2, 0.25) is 5.15 Å². The van der Waals surface area contributed by atoms with E-state index in [0.717, 1.165) is 9.13 Å². The molecule has 1 N–H and O–H groups in total. The summed E-state index contributed by atoms with van der Waals surface area (Å²) in [5.74, 6) is -1.21. The second-order valence-corrected chi connectivity index (χ2v) is 2.70. The van der Waals surface area contributed by atoms with Gasteiger partial charge in [0.25, 0.3) is 0 Å². The van der Waals surface area contributed by atoms with Crippen LogP contribution in [-0.4, -0.2) is 20.2 Å². The van der Waals surface area contributed by atoms with Gasteiger partial charge < -0.3 is 5.11 Å². The summed E-state index contributed by atoms with van der Waals surface area (Å²) in [7, 11) is 2.77. The Labute approximate surface area is 72.8 Å². The summed E-state index contributed by atoms with van der Waals surface area (Å²) in [6.45, 7) is 0. The van der Waals surface area contributed by atoms with Gasteiger partial charge in [-0.1, -0.05) is 11.6 Å². The van der Waals surface area contributed by atoms with E-state index in [2.05, 4.69) is 0 Å². The number of aromatic carboxylic acids is 1. The van der Waals surface area contributed by atoms with Crippen molar-refractivity contribution in [3.05, 3.63) is 21.3 Å². The quantitative estimate of drug-likeness (QED) is 0.682. The third-order valence-corrected chi connectivity index (χ3v) is 2.03. The van der Waals surface area contributed by atoms with E-state index in [9.17, 15) is 9.59 Å². The fraction of sp³-hybridized carbons (Fsp3) is 0.333. The zero-order valence-corrected chi connectivity index (χ0v) is 7.29. The zero-order valence-electron chi connectivity index (χ0n) is 6.54. The van der Waals surface area contributed by atoms with Gasteiger partial charge in [0, 0.05) is 14.1 Å². The predicted octanol–water partition coefficient (Wildman–Crippen LogP) is 0.0754. The molecular weight excluding hydrogens is 184 g/mol. The maximum absolute atomic E-state index is 11.1. The maximum atomic E-state index is 11.1. The number of hydrogen-bond donors (Lipinski definition) is 1. The topological polar surface area (TPSA) is 64.2 Å². The Balaban J connectivity index is 3.60. The Bertz CT molecular complexity index is 390. The Hall–Kier alpha value is -1.23. The van der Waals surface area contributed by atoms with Crippen LogP contribution in [0.15, 0.2) is 4.79 Å². The molecule has 1 rings (SSSR count). The number of nitrogens with zero attached hydrogens (tertiary/aromatic N) is 2. The van der Waals surface area contributed by atoms with Crippen LogP contribution >= 0.6 is 11.6 Å². The molecule has 1 heterocycles. The van der Waals surface area contributed by atoms with Crippen LogP contribution < -0.4 is 5.69 Å². The third-order valence-electron chi connectivity index (χ3n) is 1.60. The van der Waals surface area contributed by atoms with Crippen LogP contribution in [0.25, 0.3) is 0 Å². The van der Waals surface area contributed by atoms with Crippen molar-refractivity contribution in [1.29, 1.82) is 0 Å². The first-order valence-corrected chi connectivity index (χ1v) is 3.49. The fourth-order valence-electron chi connectivity index (χ4n) is 0.934. The van der Waals surface area contributed by atoms with Crippen molar-refractivity contribution >= 4 is 17.6 Å². The van der Waals surface area contributed by atoms with E-state index in [1.54, 1.807) is 0 Å².